The summed E-state index contributed by atoms with van der Waals surface area (Å²) in [5.74, 6) is 1.61. The normalized spacial score (nSPS) is 36.2. The molecule has 0 aromatic heterocycles. The molecule has 1 rings (SSSR count). The van der Waals surface area contributed by atoms with Crippen molar-refractivity contribution in [1.82, 2.24) is 5.32 Å². The van der Waals surface area contributed by atoms with Crippen LogP contribution in [0, 0.1) is 5.92 Å². The van der Waals surface area contributed by atoms with Crippen LogP contribution in [0.2, 0.25) is 0 Å². The topological polar surface area (TPSA) is 29.1 Å². The second kappa shape index (κ2) is 4.02. The van der Waals surface area contributed by atoms with Crippen molar-refractivity contribution >= 4 is 5.78 Å². The molecule has 0 aromatic carbocycles. The van der Waals surface area contributed by atoms with E-state index in [2.05, 4.69) is 19.2 Å². The third kappa shape index (κ3) is 2.17. The van der Waals surface area contributed by atoms with E-state index in [1.807, 2.05) is 6.92 Å². The second-order valence-corrected chi connectivity index (χ2v) is 3.78. The molecular formula is C9H16NOW-. The molecule has 0 bridgehead atoms. The van der Waals surface area contributed by atoms with Crippen molar-refractivity contribution in [2.45, 2.75) is 45.7 Å². The predicted molar refractivity (Wildman–Crippen MR) is 45.2 cm³/mol. The molecule has 12 heavy (non-hydrogen) atoms. The van der Waals surface area contributed by atoms with Gasteiger partial charge in [0, 0.05) is 26.6 Å². The average molecular weight is 338 g/mol. The number of hydrogen-bond acceptors (Lipinski definition) is 2. The van der Waals surface area contributed by atoms with Crippen LogP contribution in [-0.4, -0.2) is 17.4 Å². The van der Waals surface area contributed by atoms with Crippen LogP contribution >= 0.6 is 0 Å². The van der Waals surface area contributed by atoms with Gasteiger partial charge in [-0.2, -0.15) is 13.3 Å². The van der Waals surface area contributed by atoms with Gasteiger partial charge in [-0.15, -0.1) is 6.04 Å². The van der Waals surface area contributed by atoms with Crippen molar-refractivity contribution in [3.8, 4) is 0 Å². The van der Waals surface area contributed by atoms with Gasteiger partial charge in [0.2, 0.25) is 0 Å². The molecule has 1 fully saturated rings. The Hall–Kier alpha value is 0.318. The first kappa shape index (κ1) is 12.3. The van der Waals surface area contributed by atoms with Crippen LogP contribution in [0.5, 0.6) is 0 Å². The maximum Gasteiger partial charge on any atom is 0.146 e. The molecule has 0 radical (unpaired) electrons. The molecule has 1 N–H and O–H groups in total. The minimum absolute atomic E-state index is 0. The maximum atomic E-state index is 11.2. The quantitative estimate of drug-likeness (QED) is 0.731. The zero-order valence-electron chi connectivity index (χ0n) is 8.10. The van der Waals surface area contributed by atoms with Gasteiger partial charge in [0.25, 0.3) is 0 Å². The summed E-state index contributed by atoms with van der Waals surface area (Å²) in [7, 11) is 0. The summed E-state index contributed by atoms with van der Waals surface area (Å²) in [6.45, 7) is 7.83. The SMILES string of the molecule is CC(=O)C1(C)C[C-](C)C(C)N1.[W]. The third-order valence-electron chi connectivity index (χ3n) is 2.68. The van der Waals surface area contributed by atoms with E-state index in [0.29, 0.717) is 6.04 Å². The molecule has 0 amide bonds. The monoisotopic (exact) mass is 338 g/mol. The van der Waals surface area contributed by atoms with E-state index in [-0.39, 0.29) is 32.4 Å². The zero-order chi connectivity index (χ0) is 8.65. The standard InChI is InChI=1S/C9H16NO.W/c1-6-5-9(4,8(3)11)10-7(6)2;/h7,10H,5H2,1-4H3;/q-1;. The Balaban J connectivity index is 0.00000121. The Morgan fingerprint density at radius 1 is 1.67 bits per heavy atom. The molecule has 2 atom stereocenters. The summed E-state index contributed by atoms with van der Waals surface area (Å²) in [6.07, 6.45) is 0.892. The summed E-state index contributed by atoms with van der Waals surface area (Å²) in [5.41, 5.74) is -0.288. The molecule has 1 saturated heterocycles. The fourth-order valence-corrected chi connectivity index (χ4v) is 1.59. The first-order chi connectivity index (χ1) is 4.96. The van der Waals surface area contributed by atoms with Gasteiger partial charge >= 0.3 is 0 Å². The first-order valence-corrected chi connectivity index (χ1v) is 4.07. The second-order valence-electron chi connectivity index (χ2n) is 3.78. The van der Waals surface area contributed by atoms with Gasteiger partial charge in [-0.05, 0) is 13.8 Å². The smallest absolute Gasteiger partial charge is 0.146 e. The van der Waals surface area contributed by atoms with Crippen molar-refractivity contribution in [3.63, 3.8) is 0 Å². The molecule has 1 heterocycles. The molecule has 0 aromatic rings. The molecule has 0 saturated carbocycles. The number of nitrogens with one attached hydrogen (secondary N) is 1. The van der Waals surface area contributed by atoms with Crippen molar-refractivity contribution in [2.75, 3.05) is 0 Å². The molecule has 1 aliphatic rings. The van der Waals surface area contributed by atoms with Crippen molar-refractivity contribution in [3.05, 3.63) is 5.92 Å². The van der Waals surface area contributed by atoms with E-state index in [0.717, 1.165) is 6.42 Å². The summed E-state index contributed by atoms with van der Waals surface area (Å²) in [6, 6.07) is 0.392. The molecule has 2 unspecified atom stereocenters. The van der Waals surface area contributed by atoms with Crippen LogP contribution in [0.1, 0.15) is 34.1 Å². The van der Waals surface area contributed by atoms with Crippen LogP contribution in [0.25, 0.3) is 0 Å². The minimum Gasteiger partial charge on any atom is -0.334 e. The van der Waals surface area contributed by atoms with Gasteiger partial charge in [0.15, 0.2) is 0 Å². The molecule has 70 valence electrons. The Morgan fingerprint density at radius 2 is 2.17 bits per heavy atom. The number of rotatable bonds is 1. The van der Waals surface area contributed by atoms with Crippen molar-refractivity contribution in [2.24, 2.45) is 0 Å². The van der Waals surface area contributed by atoms with Crippen molar-refractivity contribution < 1.29 is 25.9 Å². The molecule has 2 nitrogen and oxygen atoms in total. The van der Waals surface area contributed by atoms with Crippen LogP contribution in [-0.2, 0) is 25.9 Å². The first-order valence-electron chi connectivity index (χ1n) is 4.07. The van der Waals surface area contributed by atoms with E-state index in [1.165, 1.54) is 5.92 Å². The summed E-state index contributed by atoms with van der Waals surface area (Å²) >= 11 is 0. The third-order valence-corrected chi connectivity index (χ3v) is 2.68. The van der Waals surface area contributed by atoms with E-state index in [4.69, 9.17) is 0 Å². The molecule has 0 aliphatic carbocycles. The number of ketones is 1. The fourth-order valence-electron chi connectivity index (χ4n) is 1.59. The van der Waals surface area contributed by atoms with Crippen LogP contribution in [0.15, 0.2) is 0 Å². The van der Waals surface area contributed by atoms with Crippen molar-refractivity contribution in [1.29, 1.82) is 0 Å². The van der Waals surface area contributed by atoms with Crippen LogP contribution < -0.4 is 5.32 Å². The van der Waals surface area contributed by atoms with Gasteiger partial charge in [-0.25, -0.2) is 0 Å². The Labute approximate surface area is 88.8 Å². The van der Waals surface area contributed by atoms with E-state index >= 15 is 0 Å². The summed E-state index contributed by atoms with van der Waals surface area (Å²) in [5, 5.41) is 3.29. The van der Waals surface area contributed by atoms with E-state index < -0.39 is 0 Å². The Kier molecular flexibility index (Phi) is 4.12. The van der Waals surface area contributed by atoms with Gasteiger partial charge in [-0.1, -0.05) is 6.92 Å². The van der Waals surface area contributed by atoms with Gasteiger partial charge in [-0.3, -0.25) is 10.7 Å². The average Bonchev–Trinajstić information content (AvgIpc) is 2.09. The van der Waals surface area contributed by atoms with E-state index in [1.54, 1.807) is 6.92 Å². The number of carbonyl (C=O) groups is 1. The molecule has 3 heteroatoms. The number of Topliss-reactive ketones (excluding diaryl/α,β-unsaturated/α-hetero) is 1. The Morgan fingerprint density at radius 3 is 2.33 bits per heavy atom. The Bertz CT molecular complexity index is 171. The van der Waals surface area contributed by atoms with Gasteiger partial charge in [0.1, 0.15) is 5.78 Å². The van der Waals surface area contributed by atoms with Gasteiger partial charge in [0.05, 0.1) is 0 Å². The molecular weight excluding hydrogens is 322 g/mol. The van der Waals surface area contributed by atoms with E-state index in [9.17, 15) is 4.79 Å². The predicted octanol–water partition coefficient (Wildman–Crippen LogP) is 1.31. The van der Waals surface area contributed by atoms with Gasteiger partial charge < -0.3 is 5.32 Å². The maximum absolute atomic E-state index is 11.2. The zero-order valence-corrected chi connectivity index (χ0v) is 11.0. The van der Waals surface area contributed by atoms with Crippen LogP contribution in [0.3, 0.4) is 0 Å². The summed E-state index contributed by atoms with van der Waals surface area (Å²) < 4.78 is 0. The van der Waals surface area contributed by atoms with Crippen LogP contribution in [0.4, 0.5) is 0 Å². The summed E-state index contributed by atoms with van der Waals surface area (Å²) in [4.78, 5) is 11.2. The largest absolute Gasteiger partial charge is 0.334 e. The molecule has 0 spiro atoms. The number of hydrogen-bond donors (Lipinski definition) is 1. The number of carbonyl (C=O) groups excluding carboxylic acids is 1. The fraction of sp³-hybridized carbons (Fsp3) is 0.778. The molecule has 1 aliphatic heterocycles. The minimum atomic E-state index is -0.288.